The summed E-state index contributed by atoms with van der Waals surface area (Å²) in [6.07, 6.45) is 0. The molecular weight excluding hydrogens is 308 g/mol. The van der Waals surface area contributed by atoms with Crippen LogP contribution in [0.3, 0.4) is 0 Å². The van der Waals surface area contributed by atoms with Gasteiger partial charge in [-0.15, -0.1) is 0 Å². The second kappa shape index (κ2) is 7.59. The van der Waals surface area contributed by atoms with E-state index in [4.69, 9.17) is 5.26 Å². The number of piperazine rings is 1. The van der Waals surface area contributed by atoms with Crippen molar-refractivity contribution in [3.05, 3.63) is 35.4 Å². The van der Waals surface area contributed by atoms with Crippen molar-refractivity contribution in [2.45, 2.75) is 19.9 Å². The summed E-state index contributed by atoms with van der Waals surface area (Å²) in [7, 11) is 0. The molecule has 1 aliphatic heterocycles. The molecule has 2 rings (SSSR count). The van der Waals surface area contributed by atoms with Gasteiger partial charge in [0.15, 0.2) is 0 Å². The number of benzene rings is 1. The summed E-state index contributed by atoms with van der Waals surface area (Å²) in [6, 6.07) is 8.43. The van der Waals surface area contributed by atoms with E-state index in [0.29, 0.717) is 37.3 Å². The van der Waals surface area contributed by atoms with Gasteiger partial charge in [-0.3, -0.25) is 14.4 Å². The molecule has 1 fully saturated rings. The predicted octanol–water partition coefficient (Wildman–Crippen LogP) is 0.367. The van der Waals surface area contributed by atoms with Crippen molar-refractivity contribution in [2.24, 2.45) is 0 Å². The lowest BCUT2D eigenvalue weighted by Crippen LogP contribution is -2.54. The van der Waals surface area contributed by atoms with Gasteiger partial charge in [0.25, 0.3) is 5.91 Å². The zero-order valence-corrected chi connectivity index (χ0v) is 13.8. The third-order valence-corrected chi connectivity index (χ3v) is 3.71. The van der Waals surface area contributed by atoms with Crippen LogP contribution >= 0.6 is 0 Å². The van der Waals surface area contributed by atoms with Gasteiger partial charge in [0.1, 0.15) is 0 Å². The highest BCUT2D eigenvalue weighted by atomic mass is 16.2. The van der Waals surface area contributed by atoms with E-state index >= 15 is 0 Å². The molecule has 0 spiro atoms. The highest BCUT2D eigenvalue weighted by Crippen LogP contribution is 2.11. The van der Waals surface area contributed by atoms with Crippen LogP contribution in [0.4, 0.5) is 0 Å². The molecule has 0 aromatic heterocycles. The summed E-state index contributed by atoms with van der Waals surface area (Å²) in [6.45, 7) is 4.92. The lowest BCUT2D eigenvalue weighted by molar-refractivity contribution is -0.147. The monoisotopic (exact) mass is 328 g/mol. The molecule has 0 atom stereocenters. The van der Waals surface area contributed by atoms with Gasteiger partial charge in [-0.05, 0) is 32.0 Å². The lowest BCUT2D eigenvalue weighted by Gasteiger charge is -2.34. The second-order valence-electron chi connectivity index (χ2n) is 5.91. The number of nitrogens with zero attached hydrogens (tertiary/aromatic N) is 3. The van der Waals surface area contributed by atoms with Crippen molar-refractivity contribution in [1.29, 1.82) is 5.26 Å². The van der Waals surface area contributed by atoms with Gasteiger partial charge in [-0.1, -0.05) is 6.07 Å². The van der Waals surface area contributed by atoms with E-state index in [-0.39, 0.29) is 11.9 Å². The van der Waals surface area contributed by atoms with Crippen molar-refractivity contribution < 1.29 is 14.4 Å². The van der Waals surface area contributed by atoms with Crippen LogP contribution in [0.2, 0.25) is 0 Å². The Kier molecular flexibility index (Phi) is 5.53. The molecule has 24 heavy (non-hydrogen) atoms. The third kappa shape index (κ3) is 4.10. The molecule has 1 aromatic carbocycles. The molecule has 7 heteroatoms. The van der Waals surface area contributed by atoms with Crippen LogP contribution in [0.25, 0.3) is 0 Å². The number of carbonyl (C=O) groups is 3. The molecule has 1 aromatic rings. The first-order valence-electron chi connectivity index (χ1n) is 7.81. The number of rotatable bonds is 2. The zero-order chi connectivity index (χ0) is 17.7. The topological polar surface area (TPSA) is 93.5 Å². The van der Waals surface area contributed by atoms with Crippen LogP contribution in [0.5, 0.6) is 0 Å². The quantitative estimate of drug-likeness (QED) is 0.794. The van der Waals surface area contributed by atoms with Crippen LogP contribution in [-0.4, -0.2) is 59.7 Å². The van der Waals surface area contributed by atoms with Crippen molar-refractivity contribution in [1.82, 2.24) is 15.1 Å². The Morgan fingerprint density at radius 2 is 1.75 bits per heavy atom. The average molecular weight is 328 g/mol. The fourth-order valence-corrected chi connectivity index (χ4v) is 2.48. The maximum atomic E-state index is 12.5. The summed E-state index contributed by atoms with van der Waals surface area (Å²) < 4.78 is 0. The fraction of sp³-hybridized carbons (Fsp3) is 0.412. The minimum Gasteiger partial charge on any atom is -0.346 e. The third-order valence-electron chi connectivity index (χ3n) is 3.71. The number of hydrogen-bond donors (Lipinski definition) is 1. The molecule has 0 unspecified atom stereocenters. The van der Waals surface area contributed by atoms with Gasteiger partial charge in [0, 0.05) is 37.8 Å². The number of hydrogen-bond acceptors (Lipinski definition) is 4. The highest BCUT2D eigenvalue weighted by Gasteiger charge is 2.28. The Morgan fingerprint density at radius 3 is 2.33 bits per heavy atom. The Bertz CT molecular complexity index is 685. The Labute approximate surface area is 140 Å². The molecule has 0 saturated carbocycles. The standard InChI is InChI=1S/C17H20N4O3/c1-12(2)19-15(22)17(24)21-8-6-20(7-9-21)16(23)14-5-3-4-13(10-14)11-18/h3-5,10,12H,6-9H2,1-2H3,(H,19,22). The number of nitriles is 1. The second-order valence-corrected chi connectivity index (χ2v) is 5.91. The molecule has 1 aliphatic rings. The van der Waals surface area contributed by atoms with Crippen molar-refractivity contribution in [3.8, 4) is 6.07 Å². The van der Waals surface area contributed by atoms with E-state index in [2.05, 4.69) is 5.32 Å². The Hall–Kier alpha value is -2.88. The van der Waals surface area contributed by atoms with Crippen LogP contribution in [-0.2, 0) is 9.59 Å². The molecule has 1 heterocycles. The SMILES string of the molecule is CC(C)NC(=O)C(=O)N1CCN(C(=O)c2cccc(C#N)c2)CC1. The van der Waals surface area contributed by atoms with E-state index in [1.807, 2.05) is 6.07 Å². The van der Waals surface area contributed by atoms with Crippen molar-refractivity contribution in [2.75, 3.05) is 26.2 Å². The van der Waals surface area contributed by atoms with E-state index in [1.165, 1.54) is 4.90 Å². The van der Waals surface area contributed by atoms with Gasteiger partial charge >= 0.3 is 11.8 Å². The summed E-state index contributed by atoms with van der Waals surface area (Å²) in [5, 5.41) is 11.5. The largest absolute Gasteiger partial charge is 0.346 e. The first kappa shape index (κ1) is 17.5. The Balaban J connectivity index is 1.95. The van der Waals surface area contributed by atoms with Crippen LogP contribution in [0, 0.1) is 11.3 Å². The molecule has 1 saturated heterocycles. The predicted molar refractivity (Wildman–Crippen MR) is 86.9 cm³/mol. The van der Waals surface area contributed by atoms with E-state index in [0.717, 1.165) is 0 Å². The van der Waals surface area contributed by atoms with Gasteiger partial charge < -0.3 is 15.1 Å². The van der Waals surface area contributed by atoms with Crippen LogP contribution in [0.1, 0.15) is 29.8 Å². The summed E-state index contributed by atoms with van der Waals surface area (Å²) in [5.41, 5.74) is 0.881. The van der Waals surface area contributed by atoms with Gasteiger partial charge in [0.2, 0.25) is 0 Å². The van der Waals surface area contributed by atoms with E-state index < -0.39 is 11.8 Å². The Morgan fingerprint density at radius 1 is 1.12 bits per heavy atom. The first-order valence-corrected chi connectivity index (χ1v) is 7.81. The molecule has 0 aliphatic carbocycles. The minimum absolute atomic E-state index is 0.100. The maximum Gasteiger partial charge on any atom is 0.312 e. The molecule has 7 nitrogen and oxygen atoms in total. The van der Waals surface area contributed by atoms with E-state index in [1.54, 1.807) is 43.0 Å². The van der Waals surface area contributed by atoms with E-state index in [9.17, 15) is 14.4 Å². The normalized spacial score (nSPS) is 14.2. The molecule has 3 amide bonds. The lowest BCUT2D eigenvalue weighted by atomic mass is 10.1. The summed E-state index contributed by atoms with van der Waals surface area (Å²) >= 11 is 0. The molecular formula is C17H20N4O3. The van der Waals surface area contributed by atoms with Crippen LogP contribution in [0.15, 0.2) is 24.3 Å². The maximum absolute atomic E-state index is 12.5. The van der Waals surface area contributed by atoms with Crippen molar-refractivity contribution in [3.63, 3.8) is 0 Å². The summed E-state index contributed by atoms with van der Waals surface area (Å²) in [5.74, 6) is -1.36. The van der Waals surface area contributed by atoms with Crippen molar-refractivity contribution >= 4 is 17.7 Å². The first-order chi connectivity index (χ1) is 11.4. The number of amides is 3. The minimum atomic E-state index is -0.619. The molecule has 0 radical (unpaired) electrons. The number of carbonyl (C=O) groups excluding carboxylic acids is 3. The smallest absolute Gasteiger partial charge is 0.312 e. The fourth-order valence-electron chi connectivity index (χ4n) is 2.48. The van der Waals surface area contributed by atoms with Gasteiger partial charge in [-0.25, -0.2) is 0 Å². The van der Waals surface area contributed by atoms with Crippen LogP contribution < -0.4 is 5.32 Å². The molecule has 1 N–H and O–H groups in total. The molecule has 0 bridgehead atoms. The van der Waals surface area contributed by atoms with Gasteiger partial charge in [-0.2, -0.15) is 5.26 Å². The zero-order valence-electron chi connectivity index (χ0n) is 13.8. The average Bonchev–Trinajstić information content (AvgIpc) is 2.60. The van der Waals surface area contributed by atoms with Gasteiger partial charge in [0.05, 0.1) is 11.6 Å². The summed E-state index contributed by atoms with van der Waals surface area (Å²) in [4.78, 5) is 39.3. The highest BCUT2D eigenvalue weighted by molar-refractivity contribution is 6.35. The number of nitrogens with one attached hydrogen (secondary N) is 1. The molecule has 126 valence electrons.